The summed E-state index contributed by atoms with van der Waals surface area (Å²) in [6.45, 7) is 0.164. The Morgan fingerprint density at radius 2 is 1.65 bits per heavy atom. The van der Waals surface area contributed by atoms with Crippen LogP contribution in [0.4, 0.5) is 10.5 Å². The summed E-state index contributed by atoms with van der Waals surface area (Å²) >= 11 is 12.7. The molecule has 2 N–H and O–H groups in total. The molecule has 1 aliphatic heterocycles. The summed E-state index contributed by atoms with van der Waals surface area (Å²) < 4.78 is 6.09. The van der Waals surface area contributed by atoms with Crippen LogP contribution in [0.5, 0.6) is 11.5 Å². The maximum Gasteiger partial charge on any atom is 0.335 e. The Balaban J connectivity index is 1.52. The lowest BCUT2D eigenvalue weighted by atomic mass is 10.0. The number of hydrogen-bond donors (Lipinski definition) is 2. The highest BCUT2D eigenvalue weighted by atomic mass is 35.5. The van der Waals surface area contributed by atoms with Crippen molar-refractivity contribution < 1.29 is 24.2 Å². The van der Waals surface area contributed by atoms with E-state index < -0.39 is 17.8 Å². The van der Waals surface area contributed by atoms with E-state index in [1.165, 1.54) is 42.5 Å². The van der Waals surface area contributed by atoms with E-state index in [-0.39, 0.29) is 45.0 Å². The number of hydrogen-bond acceptors (Lipinski definition) is 5. The van der Waals surface area contributed by atoms with Gasteiger partial charge in [-0.05, 0) is 58.8 Å². The van der Waals surface area contributed by atoms with Crippen LogP contribution < -0.4 is 15.0 Å². The highest BCUT2D eigenvalue weighted by Crippen LogP contribution is 2.36. The van der Waals surface area contributed by atoms with E-state index >= 15 is 0 Å². The normalized spacial score (nSPS) is 14.8. The van der Waals surface area contributed by atoms with Gasteiger partial charge in [0.25, 0.3) is 11.8 Å². The van der Waals surface area contributed by atoms with Crippen molar-refractivity contribution in [3.63, 3.8) is 0 Å². The molecule has 0 aliphatic carbocycles. The summed E-state index contributed by atoms with van der Waals surface area (Å²) in [5.41, 5.74) is 1.06. The second-order valence-corrected chi connectivity index (χ2v) is 9.05. The average molecular weight is 533 g/mol. The topological polar surface area (TPSA) is 95.9 Å². The van der Waals surface area contributed by atoms with E-state index in [4.69, 9.17) is 27.9 Å². The number of fused-ring (bicyclic) bond motifs is 1. The predicted molar refractivity (Wildman–Crippen MR) is 142 cm³/mol. The molecule has 0 saturated carbocycles. The number of amides is 4. The zero-order chi connectivity index (χ0) is 26.1. The van der Waals surface area contributed by atoms with Gasteiger partial charge in [-0.1, -0.05) is 65.7 Å². The van der Waals surface area contributed by atoms with Crippen molar-refractivity contribution in [2.45, 2.75) is 6.61 Å². The number of benzene rings is 4. The maximum atomic E-state index is 13.2. The lowest BCUT2D eigenvalue weighted by Crippen LogP contribution is -2.54. The number of phenolic OH excluding ortho intramolecular Hbond substituents is 1. The van der Waals surface area contributed by atoms with Crippen molar-refractivity contribution in [2.24, 2.45) is 0 Å². The first-order chi connectivity index (χ1) is 17.8. The number of rotatable bonds is 5. The SMILES string of the molecule is O=C1NC(=O)N(c2ccc(O)cc2)C(=O)/C1=C/c1cc(Cl)cc(Cl)c1OCc1cccc2ccccc12. The fraction of sp³-hybridized carbons (Fsp3) is 0.0357. The number of phenols is 1. The second-order valence-electron chi connectivity index (χ2n) is 8.21. The van der Waals surface area contributed by atoms with Crippen molar-refractivity contribution in [3.8, 4) is 11.5 Å². The smallest absolute Gasteiger partial charge is 0.335 e. The Kier molecular flexibility index (Phi) is 6.56. The molecule has 1 saturated heterocycles. The first-order valence-corrected chi connectivity index (χ1v) is 11.9. The van der Waals surface area contributed by atoms with E-state index in [1.807, 2.05) is 42.5 Å². The largest absolute Gasteiger partial charge is 0.508 e. The molecular formula is C28H18Cl2N2O5. The summed E-state index contributed by atoms with van der Waals surface area (Å²) in [5.74, 6) is -1.54. The van der Waals surface area contributed by atoms with Gasteiger partial charge < -0.3 is 9.84 Å². The number of nitrogens with zero attached hydrogens (tertiary/aromatic N) is 1. The van der Waals surface area contributed by atoms with Gasteiger partial charge >= 0.3 is 6.03 Å². The number of aromatic hydroxyl groups is 1. The average Bonchev–Trinajstić information content (AvgIpc) is 2.87. The Morgan fingerprint density at radius 1 is 0.919 bits per heavy atom. The lowest BCUT2D eigenvalue weighted by Gasteiger charge is -2.26. The fourth-order valence-electron chi connectivity index (χ4n) is 4.06. The minimum atomic E-state index is -0.908. The molecule has 4 aromatic rings. The molecule has 4 aromatic carbocycles. The zero-order valence-corrected chi connectivity index (χ0v) is 20.6. The molecule has 1 aliphatic rings. The third-order valence-electron chi connectivity index (χ3n) is 5.80. The molecular weight excluding hydrogens is 515 g/mol. The molecule has 1 fully saturated rings. The number of urea groups is 1. The van der Waals surface area contributed by atoms with E-state index in [9.17, 15) is 19.5 Å². The summed E-state index contributed by atoms with van der Waals surface area (Å²) in [7, 11) is 0. The van der Waals surface area contributed by atoms with E-state index in [2.05, 4.69) is 5.32 Å². The van der Waals surface area contributed by atoms with Gasteiger partial charge in [0.05, 0.1) is 10.7 Å². The number of imide groups is 2. The monoisotopic (exact) mass is 532 g/mol. The molecule has 0 spiro atoms. The Morgan fingerprint density at radius 3 is 2.43 bits per heavy atom. The van der Waals surface area contributed by atoms with Gasteiger partial charge in [0.2, 0.25) is 0 Å². The van der Waals surface area contributed by atoms with Gasteiger partial charge in [0, 0.05) is 10.6 Å². The van der Waals surface area contributed by atoms with Crippen LogP contribution in [0.3, 0.4) is 0 Å². The molecule has 5 rings (SSSR count). The lowest BCUT2D eigenvalue weighted by molar-refractivity contribution is -0.122. The van der Waals surface area contributed by atoms with Crippen LogP contribution in [0.1, 0.15) is 11.1 Å². The number of nitrogens with one attached hydrogen (secondary N) is 1. The predicted octanol–water partition coefficient (Wildman–Crippen LogP) is 6.10. The Labute approximate surface area is 221 Å². The molecule has 0 atom stereocenters. The fourth-order valence-corrected chi connectivity index (χ4v) is 4.62. The van der Waals surface area contributed by atoms with Crippen LogP contribution in [-0.4, -0.2) is 23.0 Å². The van der Waals surface area contributed by atoms with Crippen molar-refractivity contribution in [3.05, 3.63) is 106 Å². The number of ether oxygens (including phenoxy) is 1. The minimum absolute atomic E-state index is 0.0398. The molecule has 0 bridgehead atoms. The Hall–Kier alpha value is -4.33. The molecule has 4 amide bonds. The third-order valence-corrected chi connectivity index (χ3v) is 6.30. The summed E-state index contributed by atoms with van der Waals surface area (Å²) in [6.07, 6.45) is 1.29. The standard InChI is InChI=1S/C28H18Cl2N2O5/c29-19-12-18(13-23-26(34)31-28(36)32(27(23)35)20-8-10-21(33)11-9-20)25(24(30)14-19)37-15-17-6-3-5-16-4-1-2-7-22(16)17/h1-14,33H,15H2,(H,31,34,36)/b23-13+. The first-order valence-electron chi connectivity index (χ1n) is 11.1. The number of halogens is 2. The van der Waals surface area contributed by atoms with Gasteiger partial charge in [-0.25, -0.2) is 9.69 Å². The van der Waals surface area contributed by atoms with Gasteiger partial charge in [-0.2, -0.15) is 0 Å². The summed E-state index contributed by atoms with van der Waals surface area (Å²) in [6, 6.07) is 21.3. The van der Waals surface area contributed by atoms with Gasteiger partial charge in [0.15, 0.2) is 0 Å². The summed E-state index contributed by atoms with van der Waals surface area (Å²) in [4.78, 5) is 39.2. The molecule has 0 aromatic heterocycles. The van der Waals surface area contributed by atoms with Crippen molar-refractivity contribution in [1.29, 1.82) is 0 Å². The highest BCUT2D eigenvalue weighted by molar-refractivity contribution is 6.40. The molecule has 1 heterocycles. The van der Waals surface area contributed by atoms with Gasteiger partial charge in [-0.15, -0.1) is 0 Å². The number of carbonyl (C=O) groups is 3. The van der Waals surface area contributed by atoms with Crippen LogP contribution in [-0.2, 0) is 16.2 Å². The van der Waals surface area contributed by atoms with Crippen molar-refractivity contribution >= 4 is 63.6 Å². The van der Waals surface area contributed by atoms with Crippen LogP contribution in [0.25, 0.3) is 16.8 Å². The minimum Gasteiger partial charge on any atom is -0.508 e. The van der Waals surface area contributed by atoms with Crippen LogP contribution in [0.15, 0.2) is 84.4 Å². The number of barbiturate groups is 1. The van der Waals surface area contributed by atoms with Crippen LogP contribution in [0, 0.1) is 0 Å². The maximum absolute atomic E-state index is 13.2. The van der Waals surface area contributed by atoms with Gasteiger partial charge in [0.1, 0.15) is 23.7 Å². The second kappa shape index (κ2) is 9.97. The molecule has 184 valence electrons. The van der Waals surface area contributed by atoms with Gasteiger partial charge in [-0.3, -0.25) is 14.9 Å². The third kappa shape index (κ3) is 4.87. The van der Waals surface area contributed by atoms with Crippen LogP contribution >= 0.6 is 23.2 Å². The number of anilines is 1. The highest BCUT2D eigenvalue weighted by Gasteiger charge is 2.37. The molecule has 0 radical (unpaired) electrons. The van der Waals surface area contributed by atoms with Crippen molar-refractivity contribution in [2.75, 3.05) is 4.90 Å². The summed E-state index contributed by atoms with van der Waals surface area (Å²) in [5, 5.41) is 14.2. The van der Waals surface area contributed by atoms with E-state index in [0.29, 0.717) is 0 Å². The molecule has 9 heteroatoms. The molecule has 7 nitrogen and oxygen atoms in total. The number of carbonyl (C=O) groups excluding carboxylic acids is 3. The van der Waals surface area contributed by atoms with E-state index in [0.717, 1.165) is 21.2 Å². The molecule has 0 unspecified atom stereocenters. The Bertz CT molecular complexity index is 1590. The quantitative estimate of drug-likeness (QED) is 0.239. The van der Waals surface area contributed by atoms with E-state index in [1.54, 1.807) is 0 Å². The van der Waals surface area contributed by atoms with Crippen molar-refractivity contribution in [1.82, 2.24) is 5.32 Å². The zero-order valence-electron chi connectivity index (χ0n) is 19.1. The molecule has 37 heavy (non-hydrogen) atoms. The van der Waals surface area contributed by atoms with Crippen LogP contribution in [0.2, 0.25) is 10.0 Å². The first kappa shape index (κ1) is 24.4.